The van der Waals surface area contributed by atoms with Gasteiger partial charge in [-0.25, -0.2) is 0 Å². The van der Waals surface area contributed by atoms with E-state index in [2.05, 4.69) is 0 Å². The molecular formula is C12H12N2O. The Bertz CT molecular complexity index is 425. The first-order valence-electron chi connectivity index (χ1n) is 4.76. The van der Waals surface area contributed by atoms with Crippen LogP contribution < -0.4 is 5.73 Å². The summed E-state index contributed by atoms with van der Waals surface area (Å²) in [6.07, 6.45) is 15.9. The van der Waals surface area contributed by atoms with Crippen molar-refractivity contribution in [1.29, 1.82) is 0 Å². The van der Waals surface area contributed by atoms with Gasteiger partial charge in [0.15, 0.2) is 0 Å². The van der Waals surface area contributed by atoms with Crippen molar-refractivity contribution < 1.29 is 4.79 Å². The Morgan fingerprint density at radius 2 is 2.07 bits per heavy atom. The molecule has 0 saturated carbocycles. The molecule has 2 rings (SSSR count). The van der Waals surface area contributed by atoms with Gasteiger partial charge in [0.2, 0.25) is 5.91 Å². The van der Waals surface area contributed by atoms with Crippen molar-refractivity contribution in [2.75, 3.05) is 0 Å². The van der Waals surface area contributed by atoms with E-state index in [1.54, 1.807) is 0 Å². The molecule has 3 heteroatoms. The lowest BCUT2D eigenvalue weighted by Crippen LogP contribution is -2.10. The van der Waals surface area contributed by atoms with Crippen molar-refractivity contribution in [3.8, 4) is 0 Å². The zero-order valence-electron chi connectivity index (χ0n) is 8.26. The minimum atomic E-state index is -0.310. The van der Waals surface area contributed by atoms with Crippen LogP contribution in [0.15, 0.2) is 60.1 Å². The van der Waals surface area contributed by atoms with Crippen LogP contribution in [-0.4, -0.2) is 10.8 Å². The second-order valence-electron chi connectivity index (χ2n) is 3.40. The molecule has 2 aliphatic heterocycles. The van der Waals surface area contributed by atoms with Crippen LogP contribution in [0.5, 0.6) is 0 Å². The lowest BCUT2D eigenvalue weighted by molar-refractivity contribution is -0.117. The maximum atomic E-state index is 10.8. The van der Waals surface area contributed by atoms with Gasteiger partial charge in [-0.05, 0) is 29.9 Å². The van der Waals surface area contributed by atoms with Gasteiger partial charge in [0.25, 0.3) is 0 Å². The van der Waals surface area contributed by atoms with Crippen molar-refractivity contribution in [1.82, 2.24) is 4.90 Å². The monoisotopic (exact) mass is 200 g/mol. The predicted octanol–water partition coefficient (Wildman–Crippen LogP) is 1.58. The molecule has 2 N–H and O–H groups in total. The van der Waals surface area contributed by atoms with Crippen LogP contribution >= 0.6 is 0 Å². The van der Waals surface area contributed by atoms with E-state index in [4.69, 9.17) is 5.73 Å². The normalized spacial score (nSPS) is 18.0. The van der Waals surface area contributed by atoms with Crippen LogP contribution in [-0.2, 0) is 4.79 Å². The van der Waals surface area contributed by atoms with Crippen LogP contribution in [0.2, 0.25) is 0 Å². The number of nitrogens with zero attached hydrogens (tertiary/aromatic N) is 1. The number of allylic oxidation sites excluding steroid dienone is 6. The predicted molar refractivity (Wildman–Crippen MR) is 59.2 cm³/mol. The number of amides is 1. The number of primary amides is 1. The summed E-state index contributed by atoms with van der Waals surface area (Å²) >= 11 is 0. The summed E-state index contributed by atoms with van der Waals surface area (Å²) in [5.74, 6) is -0.310. The fourth-order valence-corrected chi connectivity index (χ4v) is 1.49. The molecule has 0 fully saturated rings. The van der Waals surface area contributed by atoms with E-state index in [-0.39, 0.29) is 12.3 Å². The van der Waals surface area contributed by atoms with E-state index in [9.17, 15) is 4.79 Å². The molecule has 1 amide bonds. The number of nitrogens with two attached hydrogens (primary N) is 1. The highest BCUT2D eigenvalue weighted by atomic mass is 16.1. The summed E-state index contributed by atoms with van der Waals surface area (Å²) in [5.41, 5.74) is 7.14. The number of fused-ring (bicyclic) bond motifs is 1. The average Bonchev–Trinajstić information content (AvgIpc) is 2.41. The molecule has 0 aromatic heterocycles. The van der Waals surface area contributed by atoms with Gasteiger partial charge in [0.05, 0.1) is 6.42 Å². The van der Waals surface area contributed by atoms with E-state index >= 15 is 0 Å². The molecule has 0 unspecified atom stereocenters. The summed E-state index contributed by atoms with van der Waals surface area (Å²) in [6, 6.07) is 0. The van der Waals surface area contributed by atoms with Gasteiger partial charge >= 0.3 is 0 Å². The fraction of sp³-hybridized carbons (Fsp3) is 0.0833. The third kappa shape index (κ3) is 2.26. The van der Waals surface area contributed by atoms with E-state index in [1.807, 2.05) is 53.8 Å². The quantitative estimate of drug-likeness (QED) is 0.735. The van der Waals surface area contributed by atoms with Crippen LogP contribution in [0.1, 0.15) is 6.42 Å². The first-order chi connectivity index (χ1) is 7.25. The highest BCUT2D eigenvalue weighted by Gasteiger charge is 2.06. The third-order valence-corrected chi connectivity index (χ3v) is 2.22. The summed E-state index contributed by atoms with van der Waals surface area (Å²) in [7, 11) is 0. The summed E-state index contributed by atoms with van der Waals surface area (Å²) in [5, 5.41) is 0. The standard InChI is InChI=1S/C12H12N2O/c13-12(15)9-10-4-5-11-3-1-2-7-14(11)8-6-10/h1-8H,9H2,(H2,13,15). The molecule has 0 bridgehead atoms. The lowest BCUT2D eigenvalue weighted by Gasteiger charge is -2.17. The number of rotatable bonds is 2. The van der Waals surface area contributed by atoms with E-state index in [0.717, 1.165) is 11.3 Å². The molecule has 0 aliphatic carbocycles. The summed E-state index contributed by atoms with van der Waals surface area (Å²) in [6.45, 7) is 0. The van der Waals surface area contributed by atoms with Crippen molar-refractivity contribution >= 4 is 5.91 Å². The van der Waals surface area contributed by atoms with Gasteiger partial charge in [-0.1, -0.05) is 12.2 Å². The number of carbonyl (C=O) groups excluding carboxylic acids is 1. The molecule has 15 heavy (non-hydrogen) atoms. The van der Waals surface area contributed by atoms with Crippen LogP contribution in [0.25, 0.3) is 0 Å². The Morgan fingerprint density at radius 3 is 2.87 bits per heavy atom. The molecule has 2 aliphatic rings. The second-order valence-corrected chi connectivity index (χ2v) is 3.40. The lowest BCUT2D eigenvalue weighted by atomic mass is 10.1. The van der Waals surface area contributed by atoms with Gasteiger partial charge in [0, 0.05) is 18.1 Å². The van der Waals surface area contributed by atoms with Gasteiger partial charge in [0.1, 0.15) is 0 Å². The Morgan fingerprint density at radius 1 is 1.20 bits per heavy atom. The number of hydrogen-bond acceptors (Lipinski definition) is 2. The molecule has 76 valence electrons. The highest BCUT2D eigenvalue weighted by Crippen LogP contribution is 2.18. The Hall–Kier alpha value is -2.03. The highest BCUT2D eigenvalue weighted by molar-refractivity contribution is 5.77. The van der Waals surface area contributed by atoms with Gasteiger partial charge in [-0.2, -0.15) is 0 Å². The number of hydrogen-bond donors (Lipinski definition) is 1. The maximum Gasteiger partial charge on any atom is 0.221 e. The van der Waals surface area contributed by atoms with Crippen molar-refractivity contribution in [3.63, 3.8) is 0 Å². The molecular weight excluding hydrogens is 188 g/mol. The summed E-state index contributed by atoms with van der Waals surface area (Å²) in [4.78, 5) is 12.8. The maximum absolute atomic E-state index is 10.8. The summed E-state index contributed by atoms with van der Waals surface area (Å²) < 4.78 is 0. The van der Waals surface area contributed by atoms with Gasteiger partial charge < -0.3 is 10.6 Å². The fourth-order valence-electron chi connectivity index (χ4n) is 1.49. The van der Waals surface area contributed by atoms with Crippen LogP contribution in [0, 0.1) is 0 Å². The Kier molecular flexibility index (Phi) is 2.54. The SMILES string of the molecule is NC(=O)CC1=CC=C2C=CC=CN2C=C1. The average molecular weight is 200 g/mol. The van der Waals surface area contributed by atoms with E-state index in [1.165, 1.54) is 0 Å². The molecule has 0 saturated heterocycles. The van der Waals surface area contributed by atoms with Crippen LogP contribution in [0.3, 0.4) is 0 Å². The van der Waals surface area contributed by atoms with Crippen molar-refractivity contribution in [3.05, 3.63) is 60.1 Å². The smallest absolute Gasteiger partial charge is 0.221 e. The zero-order chi connectivity index (χ0) is 10.7. The first-order valence-corrected chi connectivity index (χ1v) is 4.76. The first kappa shape index (κ1) is 9.52. The minimum absolute atomic E-state index is 0.279. The largest absolute Gasteiger partial charge is 0.369 e. The Labute approximate surface area is 88.6 Å². The molecule has 0 radical (unpaired) electrons. The van der Waals surface area contributed by atoms with Crippen molar-refractivity contribution in [2.45, 2.75) is 6.42 Å². The molecule has 0 spiro atoms. The molecule has 0 aromatic carbocycles. The molecule has 2 heterocycles. The van der Waals surface area contributed by atoms with Gasteiger partial charge in [-0.15, -0.1) is 0 Å². The molecule has 3 nitrogen and oxygen atoms in total. The van der Waals surface area contributed by atoms with Crippen molar-refractivity contribution in [2.24, 2.45) is 5.73 Å². The topological polar surface area (TPSA) is 46.3 Å². The third-order valence-electron chi connectivity index (χ3n) is 2.22. The van der Waals surface area contributed by atoms with E-state index < -0.39 is 0 Å². The Balaban J connectivity index is 2.23. The van der Waals surface area contributed by atoms with E-state index in [0.29, 0.717) is 0 Å². The second kappa shape index (κ2) is 4.00. The molecule has 0 atom stereocenters. The zero-order valence-corrected chi connectivity index (χ0v) is 8.26. The van der Waals surface area contributed by atoms with Crippen LogP contribution in [0.4, 0.5) is 0 Å². The molecule has 0 aromatic rings. The minimum Gasteiger partial charge on any atom is -0.369 e. The number of carbonyl (C=O) groups is 1. The van der Waals surface area contributed by atoms with Gasteiger partial charge in [-0.3, -0.25) is 4.79 Å².